The lowest BCUT2D eigenvalue weighted by atomic mass is 10.1. The maximum absolute atomic E-state index is 12.4. The summed E-state index contributed by atoms with van der Waals surface area (Å²) in [6.07, 6.45) is 1.37. The van der Waals surface area contributed by atoms with Gasteiger partial charge in [0.25, 0.3) is 5.91 Å². The van der Waals surface area contributed by atoms with Gasteiger partial charge in [-0.1, -0.05) is 48.0 Å². The van der Waals surface area contributed by atoms with Gasteiger partial charge in [-0.3, -0.25) is 4.79 Å². The predicted molar refractivity (Wildman–Crippen MR) is 105 cm³/mol. The van der Waals surface area contributed by atoms with Gasteiger partial charge in [-0.05, 0) is 37.1 Å². The SMILES string of the molecule is Cc1ccc(NC(=O)c2cc(NC(C)c3ccccc3)ncn2)cc1Cl. The largest absolute Gasteiger partial charge is 0.363 e. The molecule has 6 heteroatoms. The molecule has 1 unspecified atom stereocenters. The second kappa shape index (κ2) is 7.97. The molecule has 5 nitrogen and oxygen atoms in total. The van der Waals surface area contributed by atoms with Crippen molar-refractivity contribution < 1.29 is 4.79 Å². The highest BCUT2D eigenvalue weighted by Gasteiger charge is 2.12. The molecule has 1 atom stereocenters. The number of anilines is 2. The Hall–Kier alpha value is -2.92. The smallest absolute Gasteiger partial charge is 0.274 e. The van der Waals surface area contributed by atoms with Crippen LogP contribution >= 0.6 is 11.6 Å². The van der Waals surface area contributed by atoms with E-state index in [1.807, 2.05) is 50.2 Å². The van der Waals surface area contributed by atoms with Crippen molar-refractivity contribution in [3.05, 3.63) is 82.8 Å². The minimum atomic E-state index is -0.317. The molecular weight excluding hydrogens is 348 g/mol. The standard InChI is InChI=1S/C20H19ClN4O/c1-13-8-9-16(10-17(13)21)25-20(26)18-11-19(23-12-22-18)24-14(2)15-6-4-3-5-7-15/h3-12,14H,1-2H3,(H,25,26)(H,22,23,24). The van der Waals surface area contributed by atoms with Gasteiger partial charge in [0.2, 0.25) is 0 Å². The Labute approximate surface area is 157 Å². The molecule has 1 amide bonds. The van der Waals surface area contributed by atoms with E-state index in [0.717, 1.165) is 11.1 Å². The van der Waals surface area contributed by atoms with Gasteiger partial charge >= 0.3 is 0 Å². The average Bonchev–Trinajstić information content (AvgIpc) is 2.65. The lowest BCUT2D eigenvalue weighted by molar-refractivity contribution is 0.102. The van der Waals surface area contributed by atoms with Crippen molar-refractivity contribution in [3.8, 4) is 0 Å². The van der Waals surface area contributed by atoms with Crippen LogP contribution in [0.1, 0.15) is 34.6 Å². The first-order valence-corrected chi connectivity index (χ1v) is 8.62. The second-order valence-corrected chi connectivity index (χ2v) is 6.39. The zero-order valence-corrected chi connectivity index (χ0v) is 15.3. The summed E-state index contributed by atoms with van der Waals surface area (Å²) in [4.78, 5) is 20.7. The lowest BCUT2D eigenvalue weighted by Crippen LogP contribution is -2.15. The maximum Gasteiger partial charge on any atom is 0.274 e. The normalized spacial score (nSPS) is 11.7. The van der Waals surface area contributed by atoms with E-state index in [1.54, 1.807) is 18.2 Å². The van der Waals surface area contributed by atoms with E-state index in [9.17, 15) is 4.79 Å². The van der Waals surface area contributed by atoms with Crippen molar-refractivity contribution >= 4 is 29.0 Å². The van der Waals surface area contributed by atoms with Crippen LogP contribution in [0.2, 0.25) is 5.02 Å². The number of halogens is 1. The van der Waals surface area contributed by atoms with E-state index in [0.29, 0.717) is 16.5 Å². The summed E-state index contributed by atoms with van der Waals surface area (Å²) in [5, 5.41) is 6.68. The zero-order valence-electron chi connectivity index (χ0n) is 14.5. The Kier molecular flexibility index (Phi) is 5.49. The van der Waals surface area contributed by atoms with Gasteiger partial charge < -0.3 is 10.6 Å². The third-order valence-corrected chi connectivity index (χ3v) is 4.40. The first-order chi connectivity index (χ1) is 12.5. The zero-order chi connectivity index (χ0) is 18.5. The van der Waals surface area contributed by atoms with Gasteiger partial charge in [0.05, 0.1) is 0 Å². The number of hydrogen-bond donors (Lipinski definition) is 2. The fraction of sp³-hybridized carbons (Fsp3) is 0.150. The van der Waals surface area contributed by atoms with E-state index in [4.69, 9.17) is 11.6 Å². The molecule has 1 aromatic heterocycles. The Morgan fingerprint density at radius 2 is 1.85 bits per heavy atom. The third-order valence-electron chi connectivity index (χ3n) is 3.99. The van der Waals surface area contributed by atoms with Crippen LogP contribution in [0.15, 0.2) is 60.9 Å². The summed E-state index contributed by atoms with van der Waals surface area (Å²) < 4.78 is 0. The van der Waals surface area contributed by atoms with E-state index in [-0.39, 0.29) is 17.6 Å². The molecule has 0 bridgehead atoms. The third kappa shape index (κ3) is 4.37. The average molecular weight is 367 g/mol. The monoisotopic (exact) mass is 366 g/mol. The number of aromatic nitrogens is 2. The van der Waals surface area contributed by atoms with Crippen LogP contribution < -0.4 is 10.6 Å². The molecule has 0 aliphatic heterocycles. The molecule has 0 fully saturated rings. The van der Waals surface area contributed by atoms with E-state index >= 15 is 0 Å². The Morgan fingerprint density at radius 3 is 2.58 bits per heavy atom. The number of aryl methyl sites for hydroxylation is 1. The molecule has 0 radical (unpaired) electrons. The highest BCUT2D eigenvalue weighted by atomic mass is 35.5. The summed E-state index contributed by atoms with van der Waals surface area (Å²) in [6.45, 7) is 3.94. The van der Waals surface area contributed by atoms with E-state index in [1.165, 1.54) is 6.33 Å². The predicted octanol–water partition coefficient (Wildman–Crippen LogP) is 4.86. The van der Waals surface area contributed by atoms with Gasteiger partial charge in [-0.15, -0.1) is 0 Å². The number of nitrogens with zero attached hydrogens (tertiary/aromatic N) is 2. The van der Waals surface area contributed by atoms with Crippen LogP contribution in [0.5, 0.6) is 0 Å². The quantitative estimate of drug-likeness (QED) is 0.676. The molecule has 1 heterocycles. The lowest BCUT2D eigenvalue weighted by Gasteiger charge is -2.15. The molecule has 3 aromatic rings. The number of nitrogens with one attached hydrogen (secondary N) is 2. The van der Waals surface area contributed by atoms with Crippen LogP contribution in [0.3, 0.4) is 0 Å². The minimum absolute atomic E-state index is 0.0536. The summed E-state index contributed by atoms with van der Waals surface area (Å²) in [7, 11) is 0. The molecule has 3 rings (SSSR count). The minimum Gasteiger partial charge on any atom is -0.363 e. The van der Waals surface area contributed by atoms with Crippen molar-refractivity contribution in [2.24, 2.45) is 0 Å². The molecule has 132 valence electrons. The topological polar surface area (TPSA) is 66.9 Å². The van der Waals surface area contributed by atoms with Crippen LogP contribution in [0, 0.1) is 6.92 Å². The van der Waals surface area contributed by atoms with Gasteiger partial charge in [0.15, 0.2) is 0 Å². The molecule has 0 aliphatic rings. The number of carbonyl (C=O) groups excluding carboxylic acids is 1. The second-order valence-electron chi connectivity index (χ2n) is 5.98. The molecule has 0 spiro atoms. The first kappa shape index (κ1) is 17.9. The van der Waals surface area contributed by atoms with Gasteiger partial charge in [0, 0.05) is 22.8 Å². The van der Waals surface area contributed by atoms with Crippen molar-refractivity contribution in [2.45, 2.75) is 19.9 Å². The molecular formula is C20H19ClN4O. The molecule has 26 heavy (non-hydrogen) atoms. The Bertz CT molecular complexity index is 915. The summed E-state index contributed by atoms with van der Waals surface area (Å²) >= 11 is 6.10. The van der Waals surface area contributed by atoms with Crippen LogP contribution in [-0.2, 0) is 0 Å². The van der Waals surface area contributed by atoms with Crippen molar-refractivity contribution in [3.63, 3.8) is 0 Å². The molecule has 0 saturated carbocycles. The number of benzene rings is 2. The fourth-order valence-electron chi connectivity index (χ4n) is 2.47. The van der Waals surface area contributed by atoms with Gasteiger partial charge in [0.1, 0.15) is 17.8 Å². The number of amides is 1. The fourth-order valence-corrected chi connectivity index (χ4v) is 2.65. The molecule has 2 N–H and O–H groups in total. The highest BCUT2D eigenvalue weighted by molar-refractivity contribution is 6.31. The Morgan fingerprint density at radius 1 is 1.08 bits per heavy atom. The number of carbonyl (C=O) groups is 1. The summed E-state index contributed by atoms with van der Waals surface area (Å²) in [6, 6.07) is 17.1. The van der Waals surface area contributed by atoms with Crippen LogP contribution in [0.25, 0.3) is 0 Å². The summed E-state index contributed by atoms with van der Waals surface area (Å²) in [5.74, 6) is 0.270. The van der Waals surface area contributed by atoms with E-state index in [2.05, 4.69) is 20.6 Å². The molecule has 0 saturated heterocycles. The molecule has 0 aliphatic carbocycles. The molecule has 2 aromatic carbocycles. The summed E-state index contributed by atoms with van der Waals surface area (Å²) in [5.41, 5.74) is 2.98. The van der Waals surface area contributed by atoms with Crippen molar-refractivity contribution in [1.82, 2.24) is 9.97 Å². The maximum atomic E-state index is 12.4. The highest BCUT2D eigenvalue weighted by Crippen LogP contribution is 2.21. The van der Waals surface area contributed by atoms with Crippen molar-refractivity contribution in [2.75, 3.05) is 10.6 Å². The van der Waals surface area contributed by atoms with Gasteiger partial charge in [-0.2, -0.15) is 0 Å². The van der Waals surface area contributed by atoms with Crippen LogP contribution in [-0.4, -0.2) is 15.9 Å². The number of rotatable bonds is 5. The van der Waals surface area contributed by atoms with Crippen LogP contribution in [0.4, 0.5) is 11.5 Å². The van der Waals surface area contributed by atoms with Crippen molar-refractivity contribution in [1.29, 1.82) is 0 Å². The first-order valence-electron chi connectivity index (χ1n) is 8.24. The number of hydrogen-bond acceptors (Lipinski definition) is 4. The van der Waals surface area contributed by atoms with E-state index < -0.39 is 0 Å². The van der Waals surface area contributed by atoms with Gasteiger partial charge in [-0.25, -0.2) is 9.97 Å². The Balaban J connectivity index is 1.72.